The molecule has 0 saturated carbocycles. The molecule has 0 aliphatic heterocycles. The van der Waals surface area contributed by atoms with Crippen molar-refractivity contribution in [3.63, 3.8) is 0 Å². The van der Waals surface area contributed by atoms with Crippen LogP contribution in [0.2, 0.25) is 0 Å². The number of nitrogens with zero attached hydrogens (tertiary/aromatic N) is 1. The molecule has 0 fully saturated rings. The zero-order valence-corrected chi connectivity index (χ0v) is 13.2. The van der Waals surface area contributed by atoms with Crippen molar-refractivity contribution in [2.75, 3.05) is 21.3 Å². The first-order chi connectivity index (χ1) is 9.83. The van der Waals surface area contributed by atoms with Gasteiger partial charge in [0.1, 0.15) is 17.2 Å². The van der Waals surface area contributed by atoms with Gasteiger partial charge >= 0.3 is 5.97 Å². The number of rotatable bonds is 5. The molecule has 0 amide bonds. The number of hydrogen-bond donors (Lipinski definition) is 0. The highest BCUT2D eigenvalue weighted by molar-refractivity contribution is 5.88. The van der Waals surface area contributed by atoms with Crippen molar-refractivity contribution in [1.29, 1.82) is 0 Å². The first-order valence-electron chi connectivity index (χ1n) is 6.38. The molecule has 0 spiro atoms. The molecule has 0 heterocycles. The van der Waals surface area contributed by atoms with Crippen LogP contribution in [0.4, 0.5) is 0 Å². The van der Waals surface area contributed by atoms with E-state index in [4.69, 9.17) is 19.0 Å². The molecular weight excluding hydrogens is 274 g/mol. The van der Waals surface area contributed by atoms with Crippen LogP contribution in [0.3, 0.4) is 0 Å². The van der Waals surface area contributed by atoms with Crippen LogP contribution >= 0.6 is 0 Å². The largest absolute Gasteiger partial charge is 0.496 e. The molecule has 0 aliphatic rings. The lowest BCUT2D eigenvalue weighted by Gasteiger charge is -2.13. The molecule has 6 nitrogen and oxygen atoms in total. The minimum atomic E-state index is -0.620. The van der Waals surface area contributed by atoms with E-state index in [-0.39, 0.29) is 0 Å². The molecule has 21 heavy (non-hydrogen) atoms. The van der Waals surface area contributed by atoms with Crippen LogP contribution in [-0.4, -0.2) is 33.5 Å². The number of methoxy groups -OCH3 is 3. The zero-order valence-electron chi connectivity index (χ0n) is 13.2. The lowest BCUT2D eigenvalue weighted by Crippen LogP contribution is -2.21. The monoisotopic (exact) mass is 295 g/mol. The predicted molar refractivity (Wildman–Crippen MR) is 79.2 cm³/mol. The first kappa shape index (κ1) is 16.8. The maximum Gasteiger partial charge on any atom is 0.340 e. The molecule has 0 radical (unpaired) electrons. The Bertz CT molecular complexity index is 506. The van der Waals surface area contributed by atoms with Crippen molar-refractivity contribution in [3.05, 3.63) is 17.7 Å². The molecule has 0 N–H and O–H groups in total. The standard InChI is InChI=1S/C15H21NO5/c1-15(2,3)14(17)21-16-9-11-12(19-5)7-10(18-4)8-13(11)20-6/h7-9H,1-6H3/b16-9-. The number of carbonyl (C=O) groups excluding carboxylic acids is 1. The molecule has 0 aliphatic carbocycles. The topological polar surface area (TPSA) is 66.3 Å². The second-order valence-corrected chi connectivity index (χ2v) is 5.31. The van der Waals surface area contributed by atoms with Gasteiger partial charge in [-0.1, -0.05) is 5.16 Å². The highest BCUT2D eigenvalue weighted by Crippen LogP contribution is 2.32. The highest BCUT2D eigenvalue weighted by Gasteiger charge is 2.23. The fourth-order valence-electron chi connectivity index (χ4n) is 1.42. The van der Waals surface area contributed by atoms with Gasteiger partial charge in [0.25, 0.3) is 0 Å². The minimum absolute atomic E-state index is 0.426. The molecule has 6 heteroatoms. The summed E-state index contributed by atoms with van der Waals surface area (Å²) < 4.78 is 15.7. The van der Waals surface area contributed by atoms with Gasteiger partial charge in [-0.15, -0.1) is 0 Å². The Labute approximate surface area is 124 Å². The predicted octanol–water partition coefficient (Wildman–Crippen LogP) is 2.64. The molecule has 1 rings (SSSR count). The summed E-state index contributed by atoms with van der Waals surface area (Å²) in [5.74, 6) is 1.17. The molecule has 0 atom stereocenters. The summed E-state index contributed by atoms with van der Waals surface area (Å²) in [6, 6.07) is 3.38. The summed E-state index contributed by atoms with van der Waals surface area (Å²) >= 11 is 0. The first-order valence-corrected chi connectivity index (χ1v) is 6.38. The number of benzene rings is 1. The van der Waals surface area contributed by atoms with Crippen LogP contribution in [0.15, 0.2) is 17.3 Å². The number of oxime groups is 1. The van der Waals surface area contributed by atoms with Gasteiger partial charge in [0.05, 0.1) is 38.5 Å². The lowest BCUT2D eigenvalue weighted by atomic mass is 9.98. The van der Waals surface area contributed by atoms with Crippen molar-refractivity contribution < 1.29 is 23.8 Å². The molecule has 0 bridgehead atoms. The van der Waals surface area contributed by atoms with E-state index in [0.717, 1.165) is 0 Å². The molecule has 1 aromatic carbocycles. The third kappa shape index (κ3) is 4.37. The van der Waals surface area contributed by atoms with Gasteiger partial charge in [-0.05, 0) is 20.8 Å². The summed E-state index contributed by atoms with van der Waals surface area (Å²) in [6.07, 6.45) is 1.38. The third-order valence-corrected chi connectivity index (χ3v) is 2.68. The molecule has 0 aromatic heterocycles. The normalized spacial score (nSPS) is 11.3. The summed E-state index contributed by atoms with van der Waals surface area (Å²) in [7, 11) is 4.59. The molecule has 116 valence electrons. The lowest BCUT2D eigenvalue weighted by molar-refractivity contribution is -0.152. The highest BCUT2D eigenvalue weighted by atomic mass is 16.7. The van der Waals surface area contributed by atoms with Gasteiger partial charge in [0.15, 0.2) is 0 Å². The van der Waals surface area contributed by atoms with E-state index in [1.54, 1.807) is 40.0 Å². The van der Waals surface area contributed by atoms with Crippen molar-refractivity contribution in [2.24, 2.45) is 10.6 Å². The van der Waals surface area contributed by atoms with Crippen molar-refractivity contribution in [2.45, 2.75) is 20.8 Å². The fraction of sp³-hybridized carbons (Fsp3) is 0.467. The van der Waals surface area contributed by atoms with Gasteiger partial charge in [0.2, 0.25) is 0 Å². The van der Waals surface area contributed by atoms with Crippen LogP contribution < -0.4 is 14.2 Å². The summed E-state index contributed by atoms with van der Waals surface area (Å²) in [4.78, 5) is 16.5. The molecular formula is C15H21NO5. The summed E-state index contributed by atoms with van der Waals surface area (Å²) in [5.41, 5.74) is -0.0617. The van der Waals surface area contributed by atoms with Gasteiger partial charge < -0.3 is 19.0 Å². The molecule has 1 aromatic rings. The van der Waals surface area contributed by atoms with Crippen molar-refractivity contribution >= 4 is 12.2 Å². The average Bonchev–Trinajstić information content (AvgIpc) is 2.45. The number of hydrogen-bond acceptors (Lipinski definition) is 6. The van der Waals surface area contributed by atoms with E-state index in [9.17, 15) is 4.79 Å². The van der Waals surface area contributed by atoms with Gasteiger partial charge in [-0.2, -0.15) is 0 Å². The van der Waals surface area contributed by atoms with Crippen LogP contribution in [0.1, 0.15) is 26.3 Å². The molecule has 0 unspecified atom stereocenters. The van der Waals surface area contributed by atoms with Gasteiger partial charge in [-0.25, -0.2) is 4.79 Å². The number of carbonyl (C=O) groups is 1. The minimum Gasteiger partial charge on any atom is -0.496 e. The van der Waals surface area contributed by atoms with E-state index in [0.29, 0.717) is 22.8 Å². The van der Waals surface area contributed by atoms with Crippen LogP contribution in [0, 0.1) is 5.41 Å². The maximum atomic E-state index is 11.6. The van der Waals surface area contributed by atoms with Crippen LogP contribution in [-0.2, 0) is 9.63 Å². The van der Waals surface area contributed by atoms with Gasteiger partial charge in [0, 0.05) is 12.1 Å². The summed E-state index contributed by atoms with van der Waals surface area (Å²) in [6.45, 7) is 5.25. The number of ether oxygens (including phenoxy) is 3. The Hall–Kier alpha value is -2.24. The van der Waals surface area contributed by atoms with E-state index in [2.05, 4.69) is 5.16 Å². The Morgan fingerprint density at radius 1 is 1.05 bits per heavy atom. The van der Waals surface area contributed by atoms with E-state index < -0.39 is 11.4 Å². The van der Waals surface area contributed by atoms with Gasteiger partial charge in [-0.3, -0.25) is 0 Å². The van der Waals surface area contributed by atoms with Crippen molar-refractivity contribution in [3.8, 4) is 17.2 Å². The molecule has 0 saturated heterocycles. The van der Waals surface area contributed by atoms with Crippen molar-refractivity contribution in [1.82, 2.24) is 0 Å². The fourth-order valence-corrected chi connectivity index (χ4v) is 1.42. The Kier molecular flexibility index (Phi) is 5.58. The smallest absolute Gasteiger partial charge is 0.340 e. The second kappa shape index (κ2) is 6.97. The second-order valence-electron chi connectivity index (χ2n) is 5.31. The summed E-state index contributed by atoms with van der Waals surface area (Å²) in [5, 5.41) is 3.71. The average molecular weight is 295 g/mol. The maximum absolute atomic E-state index is 11.6. The Morgan fingerprint density at radius 2 is 1.57 bits per heavy atom. The Balaban J connectivity index is 3.04. The Morgan fingerprint density at radius 3 is 1.95 bits per heavy atom. The van der Waals surface area contributed by atoms with E-state index in [1.807, 2.05) is 0 Å². The van der Waals surface area contributed by atoms with Crippen LogP contribution in [0.25, 0.3) is 0 Å². The quantitative estimate of drug-likeness (QED) is 0.474. The zero-order chi connectivity index (χ0) is 16.0. The SMILES string of the molecule is COc1cc(OC)c(/C=N\OC(=O)C(C)(C)C)c(OC)c1. The van der Waals surface area contributed by atoms with E-state index >= 15 is 0 Å². The van der Waals surface area contributed by atoms with Crippen LogP contribution in [0.5, 0.6) is 17.2 Å². The van der Waals surface area contributed by atoms with E-state index in [1.165, 1.54) is 20.4 Å². The third-order valence-electron chi connectivity index (χ3n) is 2.68.